The second-order valence-corrected chi connectivity index (χ2v) is 6.60. The van der Waals surface area contributed by atoms with Gasteiger partial charge in [0.15, 0.2) is 0 Å². The van der Waals surface area contributed by atoms with Crippen molar-refractivity contribution in [2.75, 3.05) is 6.54 Å². The van der Waals surface area contributed by atoms with Gasteiger partial charge in [0, 0.05) is 19.1 Å². The Morgan fingerprint density at radius 2 is 2.21 bits per heavy atom. The zero-order chi connectivity index (χ0) is 13.3. The molecule has 0 saturated carbocycles. The van der Waals surface area contributed by atoms with Crippen LogP contribution in [0.2, 0.25) is 0 Å². The monoisotopic (exact) mass is 308 g/mol. The Balaban J connectivity index is 0.00000180. The predicted octanol–water partition coefficient (Wildman–Crippen LogP) is 0.569. The van der Waals surface area contributed by atoms with Crippen LogP contribution in [0.4, 0.5) is 0 Å². The first-order valence-electron chi connectivity index (χ1n) is 6.14. The predicted molar refractivity (Wildman–Crippen MR) is 76.0 cm³/mol. The van der Waals surface area contributed by atoms with Crippen LogP contribution in [-0.2, 0) is 17.1 Å². The second-order valence-electron chi connectivity index (χ2n) is 4.92. The van der Waals surface area contributed by atoms with Gasteiger partial charge in [0.25, 0.3) is 0 Å². The van der Waals surface area contributed by atoms with Crippen molar-refractivity contribution in [3.63, 3.8) is 0 Å². The molecule has 6 nitrogen and oxygen atoms in total. The average molecular weight is 309 g/mol. The Bertz CT molecular complexity index is 529. The minimum absolute atomic E-state index is 0. The summed E-state index contributed by atoms with van der Waals surface area (Å²) < 4.78 is 28.9. The smallest absolute Gasteiger partial charge is 0.244 e. The van der Waals surface area contributed by atoms with Crippen LogP contribution in [0.1, 0.15) is 25.5 Å². The summed E-state index contributed by atoms with van der Waals surface area (Å²) in [7, 11) is -1.72. The molecule has 2 unspecified atom stereocenters. The molecule has 0 aliphatic carbocycles. The van der Waals surface area contributed by atoms with Gasteiger partial charge in [-0.3, -0.25) is 4.68 Å². The molecule has 0 spiro atoms. The summed E-state index contributed by atoms with van der Waals surface area (Å²) in [4.78, 5) is 0.274. The van der Waals surface area contributed by atoms with E-state index in [-0.39, 0.29) is 23.3 Å². The number of piperidine rings is 1. The minimum Gasteiger partial charge on any atom is -0.314 e. The van der Waals surface area contributed by atoms with Gasteiger partial charge in [-0.25, -0.2) is 13.1 Å². The number of hydrogen-bond acceptors (Lipinski definition) is 4. The van der Waals surface area contributed by atoms with E-state index >= 15 is 0 Å². The molecule has 8 heteroatoms. The maximum atomic E-state index is 12.3. The summed E-state index contributed by atoms with van der Waals surface area (Å²) in [6, 6.07) is 0.354. The van der Waals surface area contributed by atoms with Crippen LogP contribution in [0.15, 0.2) is 11.1 Å². The molecule has 1 saturated heterocycles. The molecular formula is C11H21ClN4O2S. The molecule has 2 N–H and O–H groups in total. The van der Waals surface area contributed by atoms with Crippen molar-refractivity contribution >= 4 is 22.4 Å². The van der Waals surface area contributed by atoms with E-state index in [9.17, 15) is 8.42 Å². The van der Waals surface area contributed by atoms with Crippen molar-refractivity contribution < 1.29 is 8.42 Å². The fourth-order valence-corrected chi connectivity index (χ4v) is 3.75. The van der Waals surface area contributed by atoms with Crippen LogP contribution in [0.25, 0.3) is 0 Å². The van der Waals surface area contributed by atoms with Crippen molar-refractivity contribution in [3.05, 3.63) is 11.9 Å². The lowest BCUT2D eigenvalue weighted by Crippen LogP contribution is -2.46. The van der Waals surface area contributed by atoms with E-state index < -0.39 is 10.0 Å². The minimum atomic E-state index is -3.45. The van der Waals surface area contributed by atoms with Crippen LogP contribution in [0.5, 0.6) is 0 Å². The van der Waals surface area contributed by atoms with E-state index in [4.69, 9.17) is 0 Å². The Hall–Kier alpha value is -0.630. The van der Waals surface area contributed by atoms with Gasteiger partial charge in [0.1, 0.15) is 4.90 Å². The standard InChI is InChI=1S/C11H20N4O2S.ClH/c1-8-6-10(4-5-12-8)14-18(16,17)11-7-13-15(3)9(11)2;/h7-8,10,12,14H,4-6H2,1-3H3;1H. The summed E-state index contributed by atoms with van der Waals surface area (Å²) >= 11 is 0. The van der Waals surface area contributed by atoms with Crippen molar-refractivity contribution in [1.29, 1.82) is 0 Å². The Morgan fingerprint density at radius 3 is 2.74 bits per heavy atom. The molecule has 0 aromatic carbocycles. The number of hydrogen-bond donors (Lipinski definition) is 2. The maximum Gasteiger partial charge on any atom is 0.244 e. The number of rotatable bonds is 3. The highest BCUT2D eigenvalue weighted by Gasteiger charge is 2.26. The molecule has 2 atom stereocenters. The van der Waals surface area contributed by atoms with E-state index in [0.29, 0.717) is 11.7 Å². The first-order chi connectivity index (χ1) is 8.40. The molecule has 1 aliphatic heterocycles. The summed E-state index contributed by atoms with van der Waals surface area (Å²) in [5, 5.41) is 7.28. The van der Waals surface area contributed by atoms with E-state index in [1.807, 2.05) is 0 Å². The molecule has 0 amide bonds. The first-order valence-corrected chi connectivity index (χ1v) is 7.63. The summed E-state index contributed by atoms with van der Waals surface area (Å²) in [5.74, 6) is 0. The van der Waals surface area contributed by atoms with Gasteiger partial charge in [-0.2, -0.15) is 5.10 Å². The lowest BCUT2D eigenvalue weighted by Gasteiger charge is -2.28. The second kappa shape index (κ2) is 6.21. The lowest BCUT2D eigenvalue weighted by molar-refractivity contribution is 0.361. The van der Waals surface area contributed by atoms with E-state index in [1.165, 1.54) is 6.20 Å². The normalized spacial score (nSPS) is 23.9. The largest absolute Gasteiger partial charge is 0.314 e. The third kappa shape index (κ3) is 3.68. The molecule has 19 heavy (non-hydrogen) atoms. The van der Waals surface area contributed by atoms with Crippen LogP contribution in [0, 0.1) is 6.92 Å². The molecule has 1 aromatic heterocycles. The van der Waals surface area contributed by atoms with Gasteiger partial charge < -0.3 is 5.32 Å². The topological polar surface area (TPSA) is 76.0 Å². The van der Waals surface area contributed by atoms with E-state index in [1.54, 1.807) is 18.7 Å². The molecular weight excluding hydrogens is 288 g/mol. The van der Waals surface area contributed by atoms with Gasteiger partial charge in [-0.1, -0.05) is 0 Å². The van der Waals surface area contributed by atoms with Crippen molar-refractivity contribution in [2.45, 2.75) is 43.7 Å². The Morgan fingerprint density at radius 1 is 1.53 bits per heavy atom. The SMILES string of the molecule is Cc1c(S(=O)(=O)NC2CCNC(C)C2)cnn1C.Cl. The Labute approximate surface area is 120 Å². The van der Waals surface area contributed by atoms with Crippen LogP contribution < -0.4 is 10.0 Å². The highest BCUT2D eigenvalue weighted by atomic mass is 35.5. The van der Waals surface area contributed by atoms with Gasteiger partial charge in [0.05, 0.1) is 11.9 Å². The summed E-state index contributed by atoms with van der Waals surface area (Å²) in [6.45, 7) is 4.67. The van der Waals surface area contributed by atoms with Gasteiger partial charge in [0.2, 0.25) is 10.0 Å². The van der Waals surface area contributed by atoms with E-state index in [2.05, 4.69) is 22.1 Å². The number of nitrogens with zero attached hydrogens (tertiary/aromatic N) is 2. The molecule has 0 radical (unpaired) electrons. The highest BCUT2D eigenvalue weighted by molar-refractivity contribution is 7.89. The van der Waals surface area contributed by atoms with Crippen LogP contribution in [0.3, 0.4) is 0 Å². The van der Waals surface area contributed by atoms with Crippen molar-refractivity contribution in [3.8, 4) is 0 Å². The van der Waals surface area contributed by atoms with Gasteiger partial charge in [-0.15, -0.1) is 12.4 Å². The third-order valence-electron chi connectivity index (χ3n) is 3.43. The lowest BCUT2D eigenvalue weighted by atomic mass is 10.0. The number of sulfonamides is 1. The highest BCUT2D eigenvalue weighted by Crippen LogP contribution is 2.16. The molecule has 2 heterocycles. The molecule has 0 bridgehead atoms. The number of aromatic nitrogens is 2. The van der Waals surface area contributed by atoms with Crippen LogP contribution in [-0.4, -0.2) is 36.8 Å². The number of nitrogens with one attached hydrogen (secondary N) is 2. The fraction of sp³-hybridized carbons (Fsp3) is 0.727. The number of aryl methyl sites for hydroxylation is 1. The molecule has 2 rings (SSSR count). The van der Waals surface area contributed by atoms with Gasteiger partial charge in [-0.05, 0) is 33.2 Å². The van der Waals surface area contributed by atoms with Gasteiger partial charge >= 0.3 is 0 Å². The molecule has 1 aromatic rings. The molecule has 1 aliphatic rings. The molecule has 110 valence electrons. The zero-order valence-electron chi connectivity index (χ0n) is 11.4. The number of halogens is 1. The third-order valence-corrected chi connectivity index (χ3v) is 5.05. The van der Waals surface area contributed by atoms with Crippen molar-refractivity contribution in [1.82, 2.24) is 19.8 Å². The summed E-state index contributed by atoms with van der Waals surface area (Å²) in [5.41, 5.74) is 0.657. The first kappa shape index (κ1) is 16.4. The van der Waals surface area contributed by atoms with Crippen LogP contribution >= 0.6 is 12.4 Å². The maximum absolute atomic E-state index is 12.3. The zero-order valence-corrected chi connectivity index (χ0v) is 13.0. The van der Waals surface area contributed by atoms with E-state index in [0.717, 1.165) is 19.4 Å². The van der Waals surface area contributed by atoms with Crippen molar-refractivity contribution in [2.24, 2.45) is 7.05 Å². The summed E-state index contributed by atoms with van der Waals surface area (Å²) in [6.07, 6.45) is 3.05. The quantitative estimate of drug-likeness (QED) is 0.856. The molecule has 1 fully saturated rings. The fourth-order valence-electron chi connectivity index (χ4n) is 2.26. The average Bonchev–Trinajstić information content (AvgIpc) is 2.59. The Kier molecular flexibility index (Phi) is 5.37.